The molecule has 1 aromatic heterocycles. The van der Waals surface area contributed by atoms with Gasteiger partial charge < -0.3 is 10.1 Å². The summed E-state index contributed by atoms with van der Waals surface area (Å²) in [4.78, 5) is 16.8. The number of nitrogens with zero attached hydrogens (tertiary/aromatic N) is 1. The van der Waals surface area contributed by atoms with Crippen LogP contribution in [0, 0.1) is 0 Å². The monoisotopic (exact) mass is 399 g/mol. The number of rotatable bonds is 6. The van der Waals surface area contributed by atoms with Gasteiger partial charge in [-0.1, -0.05) is 36.8 Å². The molecule has 5 nitrogen and oxygen atoms in total. The van der Waals surface area contributed by atoms with Gasteiger partial charge in [0.15, 0.2) is 10.2 Å². The highest BCUT2D eigenvalue weighted by atomic mass is 32.1. The van der Waals surface area contributed by atoms with Crippen molar-refractivity contribution in [3.63, 3.8) is 0 Å². The lowest BCUT2D eigenvalue weighted by molar-refractivity contribution is 0.0977. The maximum Gasteiger partial charge on any atom is 0.257 e. The fourth-order valence-electron chi connectivity index (χ4n) is 2.63. The number of aryl methyl sites for hydroxylation is 1. The average molecular weight is 400 g/mol. The normalized spacial score (nSPS) is 10.6. The second kappa shape index (κ2) is 8.92. The molecule has 0 saturated carbocycles. The predicted octanol–water partition coefficient (Wildman–Crippen LogP) is 4.77. The van der Waals surface area contributed by atoms with Gasteiger partial charge in [-0.15, -0.1) is 0 Å². The number of thiazole rings is 1. The number of methoxy groups -OCH3 is 1. The van der Waals surface area contributed by atoms with Crippen LogP contribution in [0.5, 0.6) is 5.75 Å². The number of anilines is 1. The van der Waals surface area contributed by atoms with Crippen molar-refractivity contribution in [2.24, 2.45) is 0 Å². The molecule has 3 rings (SSSR count). The molecule has 1 heterocycles. The third-order valence-corrected chi connectivity index (χ3v) is 5.19. The first kappa shape index (κ1) is 19.3. The molecule has 0 radical (unpaired) electrons. The summed E-state index contributed by atoms with van der Waals surface area (Å²) in [6, 6.07) is 13.2. The number of ether oxygens (including phenoxy) is 1. The molecular formula is C20H21N3O2S2. The van der Waals surface area contributed by atoms with Gasteiger partial charge in [0, 0.05) is 5.56 Å². The van der Waals surface area contributed by atoms with E-state index in [1.54, 1.807) is 31.4 Å². The van der Waals surface area contributed by atoms with Gasteiger partial charge in [0.25, 0.3) is 5.91 Å². The Hall–Kier alpha value is -2.51. The van der Waals surface area contributed by atoms with Gasteiger partial charge in [-0.25, -0.2) is 4.98 Å². The summed E-state index contributed by atoms with van der Waals surface area (Å²) in [5, 5.41) is 6.55. The van der Waals surface area contributed by atoms with Crippen molar-refractivity contribution >= 4 is 49.9 Å². The third kappa shape index (κ3) is 5.02. The average Bonchev–Trinajstić information content (AvgIpc) is 3.07. The Labute approximate surface area is 167 Å². The zero-order chi connectivity index (χ0) is 19.2. The van der Waals surface area contributed by atoms with Crippen LogP contribution in [0.15, 0.2) is 42.5 Å². The summed E-state index contributed by atoms with van der Waals surface area (Å²) in [6.45, 7) is 2.19. The van der Waals surface area contributed by atoms with Crippen LogP contribution in [0.3, 0.4) is 0 Å². The molecule has 0 aliphatic heterocycles. The fraction of sp³-hybridized carbons (Fsp3) is 0.250. The van der Waals surface area contributed by atoms with Crippen molar-refractivity contribution in [3.05, 3.63) is 53.6 Å². The van der Waals surface area contributed by atoms with Crippen molar-refractivity contribution < 1.29 is 9.53 Å². The van der Waals surface area contributed by atoms with Crippen molar-refractivity contribution in [3.8, 4) is 5.75 Å². The molecular weight excluding hydrogens is 378 g/mol. The van der Waals surface area contributed by atoms with Crippen LogP contribution in [0.2, 0.25) is 0 Å². The summed E-state index contributed by atoms with van der Waals surface area (Å²) < 4.78 is 6.24. The standard InChI is InChI=1S/C20H21N3O2S2/c1-3-4-6-13-9-10-16-17(11-13)27-20(21-16)23-19(26)22-18(24)14-7-5-8-15(12-14)25-2/h5,7-12H,3-4,6H2,1-2H3,(H2,21,22,23,24,26). The predicted molar refractivity (Wildman–Crippen MR) is 115 cm³/mol. The zero-order valence-corrected chi connectivity index (χ0v) is 16.9. The molecule has 1 amide bonds. The first-order valence-corrected chi connectivity index (χ1v) is 9.97. The lowest BCUT2D eigenvalue weighted by Gasteiger charge is -2.08. The van der Waals surface area contributed by atoms with Crippen molar-refractivity contribution in [2.45, 2.75) is 26.2 Å². The van der Waals surface area contributed by atoms with E-state index in [0.717, 1.165) is 16.6 Å². The minimum Gasteiger partial charge on any atom is -0.497 e. The minimum absolute atomic E-state index is 0.216. The number of fused-ring (bicyclic) bond motifs is 1. The molecule has 2 N–H and O–H groups in total. The third-order valence-electron chi connectivity index (χ3n) is 4.05. The highest BCUT2D eigenvalue weighted by molar-refractivity contribution is 7.80. The van der Waals surface area contributed by atoms with Gasteiger partial charge in [0.2, 0.25) is 0 Å². The highest BCUT2D eigenvalue weighted by Gasteiger charge is 2.11. The fourth-order valence-corrected chi connectivity index (χ4v) is 3.81. The number of nitrogens with one attached hydrogen (secondary N) is 2. The van der Waals surface area contributed by atoms with Gasteiger partial charge in [-0.2, -0.15) is 0 Å². The van der Waals surface area contributed by atoms with Crippen molar-refractivity contribution in [1.82, 2.24) is 10.3 Å². The van der Waals surface area contributed by atoms with Crippen LogP contribution >= 0.6 is 23.6 Å². The smallest absolute Gasteiger partial charge is 0.257 e. The van der Waals surface area contributed by atoms with E-state index in [0.29, 0.717) is 16.4 Å². The van der Waals surface area contributed by atoms with Crippen molar-refractivity contribution in [2.75, 3.05) is 12.4 Å². The Morgan fingerprint density at radius 2 is 2.11 bits per heavy atom. The molecule has 7 heteroatoms. The van der Waals surface area contributed by atoms with E-state index in [1.165, 1.54) is 29.7 Å². The second-order valence-corrected chi connectivity index (χ2v) is 7.50. The molecule has 2 aromatic carbocycles. The van der Waals surface area contributed by atoms with Crippen LogP contribution in [-0.4, -0.2) is 23.1 Å². The lowest BCUT2D eigenvalue weighted by atomic mass is 10.1. The summed E-state index contributed by atoms with van der Waals surface area (Å²) in [6.07, 6.45) is 3.42. The van der Waals surface area contributed by atoms with E-state index in [1.807, 2.05) is 6.07 Å². The largest absolute Gasteiger partial charge is 0.497 e. The zero-order valence-electron chi connectivity index (χ0n) is 15.2. The number of unbranched alkanes of at least 4 members (excludes halogenated alkanes) is 1. The Morgan fingerprint density at radius 1 is 1.26 bits per heavy atom. The topological polar surface area (TPSA) is 63.2 Å². The number of carbonyl (C=O) groups excluding carboxylic acids is 1. The summed E-state index contributed by atoms with van der Waals surface area (Å²) >= 11 is 6.77. The van der Waals surface area contributed by atoms with E-state index in [-0.39, 0.29) is 11.0 Å². The van der Waals surface area contributed by atoms with E-state index in [9.17, 15) is 4.79 Å². The summed E-state index contributed by atoms with van der Waals surface area (Å²) in [7, 11) is 1.56. The molecule has 3 aromatic rings. The van der Waals surface area contributed by atoms with E-state index >= 15 is 0 Å². The number of carbonyl (C=O) groups is 1. The molecule has 0 fully saturated rings. The molecule has 0 saturated heterocycles. The van der Waals surface area contributed by atoms with Gasteiger partial charge >= 0.3 is 0 Å². The first-order chi connectivity index (χ1) is 13.1. The molecule has 0 spiro atoms. The van der Waals surface area contributed by atoms with Crippen LogP contribution in [0.4, 0.5) is 5.13 Å². The minimum atomic E-state index is -0.297. The van der Waals surface area contributed by atoms with Crippen LogP contribution in [0.1, 0.15) is 35.7 Å². The SMILES string of the molecule is CCCCc1ccc2nc(NC(=S)NC(=O)c3cccc(OC)c3)sc2c1. The molecule has 0 aliphatic carbocycles. The second-order valence-electron chi connectivity index (χ2n) is 6.06. The van der Waals surface area contributed by atoms with Crippen LogP contribution < -0.4 is 15.4 Å². The van der Waals surface area contributed by atoms with Gasteiger partial charge in [-0.3, -0.25) is 10.1 Å². The van der Waals surface area contributed by atoms with Crippen LogP contribution in [-0.2, 0) is 6.42 Å². The first-order valence-electron chi connectivity index (χ1n) is 8.75. The number of hydrogen-bond donors (Lipinski definition) is 2. The van der Waals surface area contributed by atoms with E-state index in [2.05, 4.69) is 34.7 Å². The maximum atomic E-state index is 12.3. The Balaban J connectivity index is 1.65. The molecule has 0 bridgehead atoms. The maximum absolute atomic E-state index is 12.3. The number of thiocarbonyl (C=S) groups is 1. The molecule has 27 heavy (non-hydrogen) atoms. The number of aromatic nitrogens is 1. The van der Waals surface area contributed by atoms with Crippen molar-refractivity contribution in [1.29, 1.82) is 0 Å². The molecule has 140 valence electrons. The number of hydrogen-bond acceptors (Lipinski definition) is 5. The Kier molecular flexibility index (Phi) is 6.36. The van der Waals surface area contributed by atoms with Gasteiger partial charge in [0.05, 0.1) is 17.3 Å². The molecule has 0 aliphatic rings. The quantitative estimate of drug-likeness (QED) is 0.585. The lowest BCUT2D eigenvalue weighted by Crippen LogP contribution is -2.34. The Bertz CT molecular complexity index is 969. The van der Waals surface area contributed by atoms with Gasteiger partial charge in [0.1, 0.15) is 5.75 Å². The molecule has 0 atom stereocenters. The van der Waals surface area contributed by atoms with E-state index in [4.69, 9.17) is 17.0 Å². The summed E-state index contributed by atoms with van der Waals surface area (Å²) in [5.41, 5.74) is 2.71. The Morgan fingerprint density at radius 3 is 2.89 bits per heavy atom. The van der Waals surface area contributed by atoms with E-state index < -0.39 is 0 Å². The molecule has 0 unspecified atom stereocenters. The highest BCUT2D eigenvalue weighted by Crippen LogP contribution is 2.27. The number of benzene rings is 2. The van der Waals surface area contributed by atoms with Gasteiger partial charge in [-0.05, 0) is 61.0 Å². The number of amides is 1. The van der Waals surface area contributed by atoms with Crippen LogP contribution in [0.25, 0.3) is 10.2 Å². The summed E-state index contributed by atoms with van der Waals surface area (Å²) in [5.74, 6) is 0.320.